The van der Waals surface area contributed by atoms with Crippen LogP contribution >= 0.6 is 11.8 Å². The van der Waals surface area contributed by atoms with Gasteiger partial charge in [0.2, 0.25) is 0 Å². The molecule has 11 heteroatoms. The maximum Gasteiger partial charge on any atom is 0.433 e. The van der Waals surface area contributed by atoms with Gasteiger partial charge in [-0.3, -0.25) is 9.08 Å². The molecule has 0 radical (unpaired) electrons. The van der Waals surface area contributed by atoms with E-state index in [0.29, 0.717) is 16.3 Å². The van der Waals surface area contributed by atoms with Crippen LogP contribution in [0.5, 0.6) is 0 Å². The first-order valence-electron chi connectivity index (χ1n) is 7.07. The summed E-state index contributed by atoms with van der Waals surface area (Å²) in [5, 5.41) is 13.5. The first kappa shape index (κ1) is 17.3. The molecular formula is C14H12F3N5O2S. The molecule has 0 unspecified atom stereocenters. The maximum absolute atomic E-state index is 12.8. The smallest absolute Gasteiger partial charge is 0.433 e. The van der Waals surface area contributed by atoms with Crippen LogP contribution in [-0.2, 0) is 13.2 Å². The third-order valence-electron chi connectivity index (χ3n) is 3.38. The molecule has 1 N–H and O–H groups in total. The number of imidazole rings is 1. The number of rotatable bonds is 4. The van der Waals surface area contributed by atoms with Crippen molar-refractivity contribution >= 4 is 23.4 Å². The molecule has 3 aromatic heterocycles. The Morgan fingerprint density at radius 2 is 2.12 bits per heavy atom. The van der Waals surface area contributed by atoms with E-state index in [1.165, 1.54) is 34.1 Å². The molecule has 0 atom stereocenters. The molecule has 3 heterocycles. The summed E-state index contributed by atoms with van der Waals surface area (Å²) in [7, 11) is 1.49. The highest BCUT2D eigenvalue weighted by Gasteiger charge is 2.33. The predicted octanol–water partition coefficient (Wildman–Crippen LogP) is 2.96. The Labute approximate surface area is 143 Å². The molecule has 0 saturated carbocycles. The van der Waals surface area contributed by atoms with Gasteiger partial charge in [-0.1, -0.05) is 6.92 Å². The van der Waals surface area contributed by atoms with E-state index in [2.05, 4.69) is 15.1 Å². The second-order valence-corrected chi connectivity index (χ2v) is 6.33. The molecule has 0 amide bonds. The summed E-state index contributed by atoms with van der Waals surface area (Å²) in [6.45, 7) is 1.86. The molecule has 0 fully saturated rings. The maximum atomic E-state index is 12.8. The van der Waals surface area contributed by atoms with Crippen LogP contribution in [0, 0.1) is 0 Å². The number of fused-ring (bicyclic) bond motifs is 1. The van der Waals surface area contributed by atoms with Crippen molar-refractivity contribution in [1.29, 1.82) is 0 Å². The summed E-state index contributed by atoms with van der Waals surface area (Å²) < 4.78 is 40.9. The summed E-state index contributed by atoms with van der Waals surface area (Å²) in [6, 6.07) is 0.831. The van der Waals surface area contributed by atoms with Gasteiger partial charge in [0.05, 0.1) is 4.90 Å². The zero-order valence-corrected chi connectivity index (χ0v) is 13.9. The number of halogens is 3. The van der Waals surface area contributed by atoms with Gasteiger partial charge in [-0.25, -0.2) is 14.8 Å². The van der Waals surface area contributed by atoms with Gasteiger partial charge in [0, 0.05) is 19.3 Å². The van der Waals surface area contributed by atoms with Gasteiger partial charge in [-0.2, -0.15) is 18.3 Å². The number of nitrogens with zero attached hydrogens (tertiary/aromatic N) is 5. The lowest BCUT2D eigenvalue weighted by molar-refractivity contribution is -0.141. The molecule has 7 nitrogen and oxygen atoms in total. The van der Waals surface area contributed by atoms with E-state index in [-0.39, 0.29) is 17.0 Å². The first-order valence-corrected chi connectivity index (χ1v) is 8.06. The SMILES string of the molecule is CCSc1c(-c2cn3cnc(C(F)(F)F)cc3n2)nn(C)c1C(=O)O. The second-order valence-electron chi connectivity index (χ2n) is 5.05. The Kier molecular flexibility index (Phi) is 4.19. The minimum Gasteiger partial charge on any atom is -0.476 e. The van der Waals surface area contributed by atoms with E-state index in [9.17, 15) is 23.1 Å². The Morgan fingerprint density at radius 1 is 1.40 bits per heavy atom. The zero-order valence-electron chi connectivity index (χ0n) is 13.1. The van der Waals surface area contributed by atoms with Crippen LogP contribution < -0.4 is 0 Å². The summed E-state index contributed by atoms with van der Waals surface area (Å²) in [6.07, 6.45) is -2.09. The monoisotopic (exact) mass is 371 g/mol. The molecule has 0 aliphatic heterocycles. The van der Waals surface area contributed by atoms with Crippen molar-refractivity contribution < 1.29 is 23.1 Å². The summed E-state index contributed by atoms with van der Waals surface area (Å²) >= 11 is 1.28. The van der Waals surface area contributed by atoms with Crippen LogP contribution in [0.2, 0.25) is 0 Å². The number of carbonyl (C=O) groups is 1. The van der Waals surface area contributed by atoms with E-state index < -0.39 is 17.8 Å². The van der Waals surface area contributed by atoms with Crippen molar-refractivity contribution in [3.05, 3.63) is 30.0 Å². The van der Waals surface area contributed by atoms with Crippen molar-refractivity contribution in [3.63, 3.8) is 0 Å². The van der Waals surface area contributed by atoms with Crippen LogP contribution in [0.15, 0.2) is 23.5 Å². The van der Waals surface area contributed by atoms with Gasteiger partial charge < -0.3 is 5.11 Å². The third kappa shape index (κ3) is 3.06. The van der Waals surface area contributed by atoms with E-state index >= 15 is 0 Å². The molecule has 0 aromatic carbocycles. The Hall–Kier alpha value is -2.56. The molecule has 0 bridgehead atoms. The quantitative estimate of drug-likeness (QED) is 0.710. The molecule has 3 rings (SSSR count). The molecule has 0 spiro atoms. The Balaban J connectivity index is 2.16. The van der Waals surface area contributed by atoms with Gasteiger partial charge in [0.15, 0.2) is 5.69 Å². The average molecular weight is 371 g/mol. The number of aromatic carboxylic acids is 1. The average Bonchev–Trinajstić information content (AvgIpc) is 3.06. The fourth-order valence-electron chi connectivity index (χ4n) is 2.35. The van der Waals surface area contributed by atoms with Crippen molar-refractivity contribution in [2.75, 3.05) is 5.75 Å². The van der Waals surface area contributed by atoms with Crippen LogP contribution in [0.4, 0.5) is 13.2 Å². The summed E-state index contributed by atoms with van der Waals surface area (Å²) in [5.41, 5.74) is -0.406. The highest BCUT2D eigenvalue weighted by Crippen LogP contribution is 2.34. The van der Waals surface area contributed by atoms with E-state index in [1.54, 1.807) is 0 Å². The second kappa shape index (κ2) is 6.06. The van der Waals surface area contributed by atoms with Gasteiger partial charge in [-0.05, 0) is 5.75 Å². The zero-order chi connectivity index (χ0) is 18.4. The lowest BCUT2D eigenvalue weighted by atomic mass is 10.3. The number of thioether (sulfide) groups is 1. The lowest BCUT2D eigenvalue weighted by Gasteiger charge is -2.04. The topological polar surface area (TPSA) is 85.3 Å². The Bertz CT molecular complexity index is 963. The number of hydrogen-bond acceptors (Lipinski definition) is 5. The minimum absolute atomic E-state index is 0.00742. The summed E-state index contributed by atoms with van der Waals surface area (Å²) in [4.78, 5) is 19.4. The third-order valence-corrected chi connectivity index (χ3v) is 4.34. The van der Waals surface area contributed by atoms with Gasteiger partial charge >= 0.3 is 12.1 Å². The van der Waals surface area contributed by atoms with Crippen LogP contribution in [0.3, 0.4) is 0 Å². The van der Waals surface area contributed by atoms with Gasteiger partial charge in [-0.15, -0.1) is 11.8 Å². The molecule has 0 aliphatic carbocycles. The van der Waals surface area contributed by atoms with Crippen molar-refractivity contribution in [3.8, 4) is 11.4 Å². The van der Waals surface area contributed by atoms with Crippen molar-refractivity contribution in [2.24, 2.45) is 7.05 Å². The highest BCUT2D eigenvalue weighted by molar-refractivity contribution is 7.99. The number of aromatic nitrogens is 5. The minimum atomic E-state index is -4.57. The highest BCUT2D eigenvalue weighted by atomic mass is 32.2. The van der Waals surface area contributed by atoms with E-state index in [0.717, 1.165) is 12.4 Å². The molecule has 3 aromatic rings. The number of alkyl halides is 3. The van der Waals surface area contributed by atoms with Crippen LogP contribution in [-0.4, -0.2) is 41.0 Å². The first-order chi connectivity index (χ1) is 11.7. The number of aryl methyl sites for hydroxylation is 1. The molecular weight excluding hydrogens is 359 g/mol. The number of carboxylic acids is 1. The normalized spacial score (nSPS) is 12.0. The fourth-order valence-corrected chi connectivity index (χ4v) is 3.28. The largest absolute Gasteiger partial charge is 0.476 e. The van der Waals surface area contributed by atoms with Gasteiger partial charge in [0.1, 0.15) is 29.1 Å². The molecule has 25 heavy (non-hydrogen) atoms. The van der Waals surface area contributed by atoms with Crippen LogP contribution in [0.1, 0.15) is 23.1 Å². The van der Waals surface area contributed by atoms with E-state index in [4.69, 9.17) is 0 Å². The Morgan fingerprint density at radius 3 is 2.72 bits per heavy atom. The van der Waals surface area contributed by atoms with Crippen molar-refractivity contribution in [1.82, 2.24) is 24.1 Å². The fraction of sp³-hybridized carbons (Fsp3) is 0.286. The number of carboxylic acid groups (broad SMARTS) is 1. The molecule has 132 valence electrons. The summed E-state index contributed by atoms with van der Waals surface area (Å²) in [5.74, 6) is -0.534. The molecule has 0 saturated heterocycles. The standard InChI is InChI=1S/C14H12F3N5O2S/c1-3-25-12-10(20-21(2)11(12)13(23)24)7-5-22-6-18-8(14(15,16)17)4-9(22)19-7/h4-6H,3H2,1-2H3,(H,23,24). The molecule has 0 aliphatic rings. The van der Waals surface area contributed by atoms with E-state index in [1.807, 2.05) is 6.92 Å². The van der Waals surface area contributed by atoms with Crippen molar-refractivity contribution in [2.45, 2.75) is 18.0 Å². The van der Waals surface area contributed by atoms with Gasteiger partial charge in [0.25, 0.3) is 0 Å². The van der Waals surface area contributed by atoms with Crippen LogP contribution in [0.25, 0.3) is 17.0 Å². The predicted molar refractivity (Wildman–Crippen MR) is 83.5 cm³/mol. The lowest BCUT2D eigenvalue weighted by Crippen LogP contribution is -2.08. The number of hydrogen-bond donors (Lipinski definition) is 1.